The predicted molar refractivity (Wildman–Crippen MR) is 47.4 cm³/mol. The third kappa shape index (κ3) is 1.83. The molecule has 4 heteroatoms. The number of nitrogens with one attached hydrogen (secondary N) is 1. The molecule has 0 atom stereocenters. The molecule has 2 heterocycles. The van der Waals surface area contributed by atoms with Crippen molar-refractivity contribution in [3.05, 3.63) is 24.2 Å². The quantitative estimate of drug-likeness (QED) is 0.749. The van der Waals surface area contributed by atoms with Gasteiger partial charge in [0.1, 0.15) is 0 Å². The highest BCUT2D eigenvalue weighted by Gasteiger charge is 2.18. The number of furan rings is 1. The van der Waals surface area contributed by atoms with Gasteiger partial charge in [0.05, 0.1) is 12.5 Å². The molecule has 13 heavy (non-hydrogen) atoms. The fraction of sp³-hybridized carbons (Fsp3) is 0.444. The van der Waals surface area contributed by atoms with E-state index in [9.17, 15) is 4.79 Å². The van der Waals surface area contributed by atoms with Crippen molar-refractivity contribution in [2.45, 2.75) is 6.42 Å². The molecule has 0 spiro atoms. The van der Waals surface area contributed by atoms with Crippen LogP contribution < -0.4 is 5.32 Å². The second-order valence-corrected chi connectivity index (χ2v) is 3.10. The molecule has 1 aliphatic heterocycles. The van der Waals surface area contributed by atoms with Crippen LogP contribution in [0.25, 0.3) is 0 Å². The summed E-state index contributed by atoms with van der Waals surface area (Å²) in [5.41, 5.74) is 1.14. The third-order valence-corrected chi connectivity index (χ3v) is 2.20. The first-order chi connectivity index (χ1) is 6.36. The minimum atomic E-state index is 0.0449. The Morgan fingerprint density at radius 3 is 3.15 bits per heavy atom. The average Bonchev–Trinajstić information content (AvgIpc) is 2.72. The lowest BCUT2D eigenvalue weighted by Crippen LogP contribution is -2.29. The Bertz CT molecular complexity index is 282. The molecule has 1 aromatic rings. The Morgan fingerprint density at radius 1 is 1.62 bits per heavy atom. The zero-order chi connectivity index (χ0) is 9.10. The van der Waals surface area contributed by atoms with Gasteiger partial charge in [-0.2, -0.15) is 0 Å². The summed E-state index contributed by atoms with van der Waals surface area (Å²) in [5, 5.41) is 2.76. The Hall–Kier alpha value is -1.45. The monoisotopic (exact) mass is 180 g/mol. The average molecular weight is 180 g/mol. The van der Waals surface area contributed by atoms with Crippen LogP contribution in [0.2, 0.25) is 0 Å². The van der Waals surface area contributed by atoms with Crippen LogP contribution in [-0.4, -0.2) is 30.6 Å². The summed E-state index contributed by atoms with van der Waals surface area (Å²) in [4.78, 5) is 12.9. The molecule has 0 aliphatic carbocycles. The Kier molecular flexibility index (Phi) is 2.21. The van der Waals surface area contributed by atoms with E-state index in [1.54, 1.807) is 12.5 Å². The summed E-state index contributed by atoms with van der Waals surface area (Å²) < 4.78 is 4.94. The van der Waals surface area contributed by atoms with E-state index in [1.807, 2.05) is 11.0 Å². The normalized spacial score (nSPS) is 16.3. The van der Waals surface area contributed by atoms with Crippen molar-refractivity contribution >= 4 is 6.03 Å². The van der Waals surface area contributed by atoms with E-state index >= 15 is 0 Å². The topological polar surface area (TPSA) is 45.5 Å². The molecule has 70 valence electrons. The van der Waals surface area contributed by atoms with E-state index in [4.69, 9.17) is 4.42 Å². The minimum absolute atomic E-state index is 0.0449. The number of hydrogen-bond acceptors (Lipinski definition) is 2. The fourth-order valence-corrected chi connectivity index (χ4v) is 1.42. The molecule has 4 nitrogen and oxygen atoms in total. The zero-order valence-electron chi connectivity index (χ0n) is 7.32. The number of hydrogen-bond donors (Lipinski definition) is 1. The lowest BCUT2D eigenvalue weighted by molar-refractivity contribution is 0.218. The lowest BCUT2D eigenvalue weighted by atomic mass is 10.2. The van der Waals surface area contributed by atoms with Crippen molar-refractivity contribution in [2.24, 2.45) is 0 Å². The molecule has 1 aromatic heterocycles. The van der Waals surface area contributed by atoms with Crippen LogP contribution in [0.1, 0.15) is 5.56 Å². The van der Waals surface area contributed by atoms with Crippen molar-refractivity contribution < 1.29 is 9.21 Å². The standard InChI is InChI=1S/C9H12N2O2/c12-9-10-3-5-11(9)4-1-8-2-6-13-7-8/h2,6-7H,1,3-5H2,(H,10,12). The summed E-state index contributed by atoms with van der Waals surface area (Å²) in [7, 11) is 0. The van der Waals surface area contributed by atoms with Gasteiger partial charge in [-0.25, -0.2) is 4.79 Å². The van der Waals surface area contributed by atoms with Crippen LogP contribution in [0, 0.1) is 0 Å². The van der Waals surface area contributed by atoms with E-state index in [1.165, 1.54) is 0 Å². The summed E-state index contributed by atoms with van der Waals surface area (Å²) in [6.07, 6.45) is 4.23. The van der Waals surface area contributed by atoms with Crippen LogP contribution in [-0.2, 0) is 6.42 Å². The molecule has 0 bridgehead atoms. The van der Waals surface area contributed by atoms with E-state index in [0.29, 0.717) is 0 Å². The van der Waals surface area contributed by atoms with Crippen LogP contribution >= 0.6 is 0 Å². The van der Waals surface area contributed by atoms with Crippen molar-refractivity contribution in [2.75, 3.05) is 19.6 Å². The van der Waals surface area contributed by atoms with E-state index in [-0.39, 0.29) is 6.03 Å². The molecule has 1 fully saturated rings. The van der Waals surface area contributed by atoms with Crippen LogP contribution in [0.4, 0.5) is 4.79 Å². The van der Waals surface area contributed by atoms with E-state index < -0.39 is 0 Å². The molecule has 0 saturated carbocycles. The van der Waals surface area contributed by atoms with Gasteiger partial charge in [0, 0.05) is 19.6 Å². The van der Waals surface area contributed by atoms with Gasteiger partial charge in [0.25, 0.3) is 0 Å². The third-order valence-electron chi connectivity index (χ3n) is 2.20. The Morgan fingerprint density at radius 2 is 2.54 bits per heavy atom. The van der Waals surface area contributed by atoms with Crippen molar-refractivity contribution in [3.63, 3.8) is 0 Å². The summed E-state index contributed by atoms with van der Waals surface area (Å²) in [6, 6.07) is 1.97. The van der Waals surface area contributed by atoms with Gasteiger partial charge in [0.15, 0.2) is 0 Å². The van der Waals surface area contributed by atoms with Crippen molar-refractivity contribution in [1.82, 2.24) is 10.2 Å². The largest absolute Gasteiger partial charge is 0.472 e. The second-order valence-electron chi connectivity index (χ2n) is 3.10. The second kappa shape index (κ2) is 3.51. The zero-order valence-corrected chi connectivity index (χ0v) is 7.32. The molecule has 0 radical (unpaired) electrons. The highest BCUT2D eigenvalue weighted by atomic mass is 16.3. The molecule has 0 aromatic carbocycles. The molecular formula is C9H12N2O2. The summed E-state index contributed by atoms with van der Waals surface area (Å²) in [6.45, 7) is 2.35. The number of carbonyl (C=O) groups excluding carboxylic acids is 1. The first-order valence-corrected chi connectivity index (χ1v) is 4.40. The predicted octanol–water partition coefficient (Wildman–Crippen LogP) is 0.847. The van der Waals surface area contributed by atoms with Gasteiger partial charge < -0.3 is 14.6 Å². The van der Waals surface area contributed by atoms with Crippen molar-refractivity contribution in [1.29, 1.82) is 0 Å². The van der Waals surface area contributed by atoms with E-state index in [0.717, 1.165) is 31.6 Å². The van der Waals surface area contributed by atoms with Crippen LogP contribution in [0.5, 0.6) is 0 Å². The maximum absolute atomic E-state index is 11.1. The minimum Gasteiger partial charge on any atom is -0.472 e. The molecule has 1 saturated heterocycles. The number of nitrogens with zero attached hydrogens (tertiary/aromatic N) is 1. The SMILES string of the molecule is O=C1NCCN1CCc1ccoc1. The van der Waals surface area contributed by atoms with Gasteiger partial charge in [0.2, 0.25) is 0 Å². The molecule has 2 amide bonds. The summed E-state index contributed by atoms with van der Waals surface area (Å²) in [5.74, 6) is 0. The molecule has 2 rings (SSSR count). The van der Waals surface area contributed by atoms with Crippen LogP contribution in [0.15, 0.2) is 23.0 Å². The smallest absolute Gasteiger partial charge is 0.317 e. The van der Waals surface area contributed by atoms with Crippen molar-refractivity contribution in [3.8, 4) is 0 Å². The van der Waals surface area contributed by atoms with E-state index in [2.05, 4.69) is 5.32 Å². The maximum atomic E-state index is 11.1. The molecular weight excluding hydrogens is 168 g/mol. The highest BCUT2D eigenvalue weighted by molar-refractivity contribution is 5.76. The van der Waals surface area contributed by atoms with Gasteiger partial charge in [-0.1, -0.05) is 0 Å². The van der Waals surface area contributed by atoms with Gasteiger partial charge >= 0.3 is 6.03 Å². The van der Waals surface area contributed by atoms with Gasteiger partial charge in [-0.15, -0.1) is 0 Å². The first kappa shape index (κ1) is 8.16. The highest BCUT2D eigenvalue weighted by Crippen LogP contribution is 2.04. The van der Waals surface area contributed by atoms with Gasteiger partial charge in [-0.05, 0) is 18.1 Å². The number of rotatable bonds is 3. The number of amides is 2. The Labute approximate surface area is 76.5 Å². The molecule has 1 N–H and O–H groups in total. The van der Waals surface area contributed by atoms with Gasteiger partial charge in [-0.3, -0.25) is 0 Å². The maximum Gasteiger partial charge on any atom is 0.317 e. The van der Waals surface area contributed by atoms with Crippen LogP contribution in [0.3, 0.4) is 0 Å². The Balaban J connectivity index is 1.82. The molecule has 0 unspecified atom stereocenters. The summed E-state index contributed by atoms with van der Waals surface area (Å²) >= 11 is 0. The fourth-order valence-electron chi connectivity index (χ4n) is 1.42. The first-order valence-electron chi connectivity index (χ1n) is 4.40. The number of carbonyl (C=O) groups is 1. The lowest BCUT2D eigenvalue weighted by Gasteiger charge is -2.12. The molecule has 1 aliphatic rings. The number of urea groups is 1.